The second kappa shape index (κ2) is 11.7. The second-order valence-corrected chi connectivity index (χ2v) is 9.04. The van der Waals surface area contributed by atoms with Crippen LogP contribution in [0.5, 0.6) is 5.75 Å². The summed E-state index contributed by atoms with van der Waals surface area (Å²) in [7, 11) is 1.47. The van der Waals surface area contributed by atoms with Gasteiger partial charge in [0, 0.05) is 21.6 Å². The van der Waals surface area contributed by atoms with E-state index in [-0.39, 0.29) is 28.9 Å². The first-order valence-electron chi connectivity index (χ1n) is 10.3. The molecule has 0 saturated heterocycles. The number of methoxy groups -OCH3 is 1. The molecule has 0 bridgehead atoms. The number of allylic oxidation sites excluding steroid dienone is 1. The minimum Gasteiger partial charge on any atom is -0.496 e. The van der Waals surface area contributed by atoms with E-state index in [4.69, 9.17) is 9.47 Å². The predicted octanol–water partition coefficient (Wildman–Crippen LogP) is 3.96. The van der Waals surface area contributed by atoms with Crippen LogP contribution < -0.4 is 15.4 Å². The molecule has 0 aromatic heterocycles. The van der Waals surface area contributed by atoms with Gasteiger partial charge in [0.05, 0.1) is 36.1 Å². The van der Waals surface area contributed by atoms with E-state index in [1.165, 1.54) is 7.11 Å². The van der Waals surface area contributed by atoms with Crippen molar-refractivity contribution in [1.29, 1.82) is 5.26 Å². The number of hydrogen-bond acceptors (Lipinski definition) is 7. The maximum absolute atomic E-state index is 13.0. The maximum Gasteiger partial charge on any atom is 0.319 e. The number of nitrogens with one attached hydrogen (secondary N) is 2. The third kappa shape index (κ3) is 5.79. The summed E-state index contributed by atoms with van der Waals surface area (Å²) in [5.41, 5.74) is 1.28. The molecular weight excluding hydrogens is 522 g/mol. The summed E-state index contributed by atoms with van der Waals surface area (Å²) < 4.78 is 11.4. The number of thioether (sulfide) groups is 1. The molecule has 0 fully saturated rings. The molecule has 2 amide bonds. The van der Waals surface area contributed by atoms with Crippen LogP contribution in [0.4, 0.5) is 5.69 Å². The van der Waals surface area contributed by atoms with Gasteiger partial charge in [-0.1, -0.05) is 45.9 Å². The standard InChI is InChI=1S/C24H22BrN3O5S/c1-3-33-24(31)21-20(16-6-4-5-7-18(16)32-2)17(12-26)23(28-22(21)30)34-13-19(29)27-15-10-8-14(25)9-11-15/h4-11,20-21H,3,13H2,1-2H3,(H,27,29)(H,28,30)/t20-,21-/m1/s1. The minimum absolute atomic E-state index is 0.0560. The lowest BCUT2D eigenvalue weighted by atomic mass is 9.78. The number of para-hydroxylation sites is 1. The lowest BCUT2D eigenvalue weighted by molar-refractivity contribution is -0.152. The molecule has 8 nitrogen and oxygen atoms in total. The Morgan fingerprint density at radius 2 is 1.91 bits per heavy atom. The third-order valence-electron chi connectivity index (χ3n) is 5.02. The maximum atomic E-state index is 13.0. The first-order valence-corrected chi connectivity index (χ1v) is 12.1. The fourth-order valence-electron chi connectivity index (χ4n) is 3.55. The Labute approximate surface area is 209 Å². The summed E-state index contributed by atoms with van der Waals surface area (Å²) in [4.78, 5) is 38.2. The Morgan fingerprint density at radius 1 is 1.21 bits per heavy atom. The number of carbonyl (C=O) groups is 3. The quantitative estimate of drug-likeness (QED) is 0.382. The highest BCUT2D eigenvalue weighted by Gasteiger charge is 2.45. The summed E-state index contributed by atoms with van der Waals surface area (Å²) in [6, 6.07) is 16.1. The first kappa shape index (κ1) is 25.3. The third-order valence-corrected chi connectivity index (χ3v) is 6.56. The van der Waals surface area contributed by atoms with Crippen LogP contribution in [0.3, 0.4) is 0 Å². The molecule has 0 aliphatic carbocycles. The van der Waals surface area contributed by atoms with Crippen LogP contribution in [0.2, 0.25) is 0 Å². The average molecular weight is 544 g/mol. The summed E-state index contributed by atoms with van der Waals surface area (Å²) in [5.74, 6) is -3.48. The number of amides is 2. The van der Waals surface area contributed by atoms with Crippen LogP contribution in [0.15, 0.2) is 63.6 Å². The van der Waals surface area contributed by atoms with E-state index < -0.39 is 23.7 Å². The number of benzene rings is 2. The molecule has 2 aromatic carbocycles. The van der Waals surface area contributed by atoms with Gasteiger partial charge in [0.1, 0.15) is 11.7 Å². The van der Waals surface area contributed by atoms with Gasteiger partial charge in [0.2, 0.25) is 11.8 Å². The fourth-order valence-corrected chi connectivity index (χ4v) is 4.66. The number of halogens is 1. The molecule has 0 unspecified atom stereocenters. The largest absolute Gasteiger partial charge is 0.496 e. The fraction of sp³-hybridized carbons (Fsp3) is 0.250. The number of esters is 1. The summed E-state index contributed by atoms with van der Waals surface area (Å²) in [6.07, 6.45) is 0. The number of rotatable bonds is 8. The zero-order valence-corrected chi connectivity index (χ0v) is 20.9. The van der Waals surface area contributed by atoms with Gasteiger partial charge in [-0.05, 0) is 37.3 Å². The molecule has 34 heavy (non-hydrogen) atoms. The Morgan fingerprint density at radius 3 is 2.56 bits per heavy atom. The number of carbonyl (C=O) groups excluding carboxylic acids is 3. The van der Waals surface area contributed by atoms with Gasteiger partial charge < -0.3 is 20.1 Å². The smallest absolute Gasteiger partial charge is 0.319 e. The molecule has 2 N–H and O–H groups in total. The van der Waals surface area contributed by atoms with Crippen molar-refractivity contribution in [2.75, 3.05) is 24.8 Å². The van der Waals surface area contributed by atoms with Gasteiger partial charge in [-0.3, -0.25) is 14.4 Å². The zero-order chi connectivity index (χ0) is 24.7. The van der Waals surface area contributed by atoms with E-state index in [0.29, 0.717) is 17.0 Å². The van der Waals surface area contributed by atoms with Gasteiger partial charge in [-0.2, -0.15) is 5.26 Å². The molecule has 0 spiro atoms. The number of hydrogen-bond donors (Lipinski definition) is 2. The van der Waals surface area contributed by atoms with Crippen LogP contribution in [-0.2, 0) is 19.1 Å². The van der Waals surface area contributed by atoms with Crippen molar-refractivity contribution in [3.8, 4) is 11.8 Å². The van der Waals surface area contributed by atoms with Crippen LogP contribution in [0, 0.1) is 17.2 Å². The van der Waals surface area contributed by atoms with Crippen molar-refractivity contribution in [3.63, 3.8) is 0 Å². The number of nitriles is 1. The molecule has 2 aromatic rings. The van der Waals surface area contributed by atoms with Crippen LogP contribution in [0.25, 0.3) is 0 Å². The highest BCUT2D eigenvalue weighted by Crippen LogP contribution is 2.43. The summed E-state index contributed by atoms with van der Waals surface area (Å²) in [5, 5.41) is 15.6. The Bertz CT molecular complexity index is 1160. The monoisotopic (exact) mass is 543 g/mol. The van der Waals surface area contributed by atoms with E-state index >= 15 is 0 Å². The molecule has 1 aliphatic rings. The molecule has 10 heteroatoms. The minimum atomic E-state index is -1.27. The number of ether oxygens (including phenoxy) is 2. The summed E-state index contributed by atoms with van der Waals surface area (Å²) >= 11 is 4.35. The van der Waals surface area contributed by atoms with Crippen molar-refractivity contribution in [1.82, 2.24) is 5.32 Å². The van der Waals surface area contributed by atoms with Gasteiger partial charge in [-0.15, -0.1) is 0 Å². The highest BCUT2D eigenvalue weighted by atomic mass is 79.9. The van der Waals surface area contributed by atoms with Crippen molar-refractivity contribution < 1.29 is 23.9 Å². The highest BCUT2D eigenvalue weighted by molar-refractivity contribution is 9.10. The topological polar surface area (TPSA) is 118 Å². The lowest BCUT2D eigenvalue weighted by Gasteiger charge is -2.31. The van der Waals surface area contributed by atoms with Gasteiger partial charge in [-0.25, -0.2) is 0 Å². The molecule has 3 rings (SSSR count). The Hall–Kier alpha value is -3.29. The van der Waals surface area contributed by atoms with Gasteiger partial charge in [0.15, 0.2) is 0 Å². The van der Waals surface area contributed by atoms with E-state index in [2.05, 4.69) is 32.6 Å². The zero-order valence-electron chi connectivity index (χ0n) is 18.5. The molecule has 0 radical (unpaired) electrons. The predicted molar refractivity (Wildman–Crippen MR) is 132 cm³/mol. The van der Waals surface area contributed by atoms with Crippen LogP contribution >= 0.6 is 27.7 Å². The number of nitrogens with zero attached hydrogens (tertiary/aromatic N) is 1. The van der Waals surface area contributed by atoms with Crippen molar-refractivity contribution in [2.45, 2.75) is 12.8 Å². The van der Waals surface area contributed by atoms with Crippen molar-refractivity contribution in [3.05, 3.63) is 69.2 Å². The van der Waals surface area contributed by atoms with E-state index in [1.54, 1.807) is 55.5 Å². The van der Waals surface area contributed by atoms with Gasteiger partial charge in [0.25, 0.3) is 0 Å². The second-order valence-electron chi connectivity index (χ2n) is 7.14. The molecule has 0 saturated carbocycles. The van der Waals surface area contributed by atoms with Gasteiger partial charge >= 0.3 is 5.97 Å². The SMILES string of the molecule is CCOC(=O)[C@H]1C(=O)NC(SCC(=O)Nc2ccc(Br)cc2)=C(C#N)[C@H]1c1ccccc1OC. The van der Waals surface area contributed by atoms with Crippen LogP contribution in [0.1, 0.15) is 18.4 Å². The molecular formula is C24H22BrN3O5S. The van der Waals surface area contributed by atoms with E-state index in [0.717, 1.165) is 16.2 Å². The van der Waals surface area contributed by atoms with Crippen LogP contribution in [-0.4, -0.2) is 37.3 Å². The van der Waals surface area contributed by atoms with E-state index in [9.17, 15) is 19.6 Å². The lowest BCUT2D eigenvalue weighted by Crippen LogP contribution is -2.44. The van der Waals surface area contributed by atoms with E-state index in [1.807, 2.05) is 0 Å². The summed E-state index contributed by atoms with van der Waals surface area (Å²) in [6.45, 7) is 1.73. The molecule has 1 aliphatic heterocycles. The van der Waals surface area contributed by atoms with Crippen molar-refractivity contribution >= 4 is 51.2 Å². The molecule has 176 valence electrons. The molecule has 2 atom stereocenters. The first-order chi connectivity index (χ1) is 16.4. The average Bonchev–Trinajstić information content (AvgIpc) is 2.83. The normalized spacial score (nSPS) is 17.4. The Kier molecular flexibility index (Phi) is 8.73. The van der Waals surface area contributed by atoms with Crippen molar-refractivity contribution in [2.24, 2.45) is 5.92 Å². The number of anilines is 1. The molecule has 1 heterocycles. The Balaban J connectivity index is 1.93.